The van der Waals surface area contributed by atoms with Crippen LogP contribution in [-0.2, 0) is 17.8 Å². The molecule has 0 radical (unpaired) electrons. The van der Waals surface area contributed by atoms with Crippen molar-refractivity contribution in [2.45, 2.75) is 19.4 Å². The lowest BCUT2D eigenvalue weighted by Crippen LogP contribution is -2.48. The third kappa shape index (κ3) is 5.60. The van der Waals surface area contributed by atoms with E-state index >= 15 is 0 Å². The van der Waals surface area contributed by atoms with Crippen LogP contribution in [0.5, 0.6) is 11.5 Å². The Morgan fingerprint density at radius 3 is 2.38 bits per heavy atom. The first-order valence-corrected chi connectivity index (χ1v) is 11.3. The first-order valence-electron chi connectivity index (χ1n) is 11.3. The molecule has 1 N–H and O–H groups in total. The molecular formula is C25H29N5O4. The zero-order valence-corrected chi connectivity index (χ0v) is 19.5. The zero-order valence-electron chi connectivity index (χ0n) is 19.5. The quantitative estimate of drug-likeness (QED) is 0.546. The number of aryl methyl sites for hydroxylation is 1. The monoisotopic (exact) mass is 463 g/mol. The second-order valence-corrected chi connectivity index (χ2v) is 8.16. The van der Waals surface area contributed by atoms with Gasteiger partial charge in [-0.2, -0.15) is 0 Å². The number of amides is 1. The summed E-state index contributed by atoms with van der Waals surface area (Å²) in [5.41, 5.74) is 1.83. The molecule has 1 aliphatic heterocycles. The topological polar surface area (TPSA) is 101 Å². The van der Waals surface area contributed by atoms with Gasteiger partial charge in [-0.25, -0.2) is 0 Å². The van der Waals surface area contributed by atoms with E-state index in [1.807, 2.05) is 23.1 Å². The molecule has 9 heteroatoms. The van der Waals surface area contributed by atoms with Crippen LogP contribution < -0.4 is 15.0 Å². The van der Waals surface area contributed by atoms with Crippen LogP contribution in [0.25, 0.3) is 11.4 Å². The van der Waals surface area contributed by atoms with Crippen LogP contribution in [0.15, 0.2) is 53.3 Å². The Labute approximate surface area is 198 Å². The Morgan fingerprint density at radius 2 is 1.71 bits per heavy atom. The predicted molar refractivity (Wildman–Crippen MR) is 128 cm³/mol. The summed E-state index contributed by atoms with van der Waals surface area (Å²) < 4.78 is 10.5. The highest BCUT2D eigenvalue weighted by atomic mass is 16.5. The Hall–Kier alpha value is -3.72. The minimum Gasteiger partial charge on any atom is -0.493 e. The van der Waals surface area contributed by atoms with Crippen LogP contribution in [0.4, 0.5) is 0 Å². The van der Waals surface area contributed by atoms with Crippen LogP contribution in [0.2, 0.25) is 0 Å². The Morgan fingerprint density at radius 1 is 0.971 bits per heavy atom. The number of rotatable bonds is 8. The second kappa shape index (κ2) is 10.9. The van der Waals surface area contributed by atoms with E-state index in [4.69, 9.17) is 9.47 Å². The standard InChI is InChI=1S/C25H29N5O4/c1-33-21-10-8-19(16-22(21)34-2)24-26-25(32)20(27-28-24)9-11-23(31)30-14-12-29(13-15-30)17-18-6-4-3-5-7-18/h3-8,10,16H,9,11-15,17H2,1-2H3,(H,26,28,32). The molecule has 1 amide bonds. The van der Waals surface area contributed by atoms with Crippen molar-refractivity contribution in [2.75, 3.05) is 40.4 Å². The van der Waals surface area contributed by atoms with Gasteiger partial charge in [0.1, 0.15) is 5.69 Å². The number of H-pyrrole nitrogens is 1. The summed E-state index contributed by atoms with van der Waals surface area (Å²) in [7, 11) is 3.10. The number of nitrogens with zero attached hydrogens (tertiary/aromatic N) is 4. The number of carbonyl (C=O) groups excluding carboxylic acids is 1. The Kier molecular flexibility index (Phi) is 7.54. The summed E-state index contributed by atoms with van der Waals surface area (Å²) in [6.07, 6.45) is 0.476. The molecule has 2 aromatic carbocycles. The summed E-state index contributed by atoms with van der Waals surface area (Å²) in [6.45, 7) is 3.93. The van der Waals surface area contributed by atoms with Gasteiger partial charge in [0, 0.05) is 51.1 Å². The third-order valence-corrected chi connectivity index (χ3v) is 5.97. The number of hydrogen-bond donors (Lipinski definition) is 1. The second-order valence-electron chi connectivity index (χ2n) is 8.16. The van der Waals surface area contributed by atoms with Gasteiger partial charge in [0.15, 0.2) is 17.3 Å². The van der Waals surface area contributed by atoms with E-state index < -0.39 is 0 Å². The normalized spacial score (nSPS) is 14.1. The van der Waals surface area contributed by atoms with Crippen molar-refractivity contribution >= 4 is 5.91 Å². The number of hydrogen-bond acceptors (Lipinski definition) is 7. The van der Waals surface area contributed by atoms with Gasteiger partial charge in [-0.1, -0.05) is 30.3 Å². The Balaban J connectivity index is 1.31. The fourth-order valence-corrected chi connectivity index (χ4v) is 4.02. The number of methoxy groups -OCH3 is 2. The summed E-state index contributed by atoms with van der Waals surface area (Å²) in [6, 6.07) is 15.6. The molecule has 1 saturated heterocycles. The SMILES string of the molecule is COc1ccc(-c2nnc(CCC(=O)N3CCN(Cc4ccccc4)CC3)c(=O)[nH]2)cc1OC. The Bertz CT molecular complexity index is 1170. The maximum absolute atomic E-state index is 12.7. The van der Waals surface area contributed by atoms with Gasteiger partial charge in [-0.3, -0.25) is 14.5 Å². The number of nitrogens with one attached hydrogen (secondary N) is 1. The number of piperazine rings is 1. The highest BCUT2D eigenvalue weighted by molar-refractivity contribution is 5.76. The first-order chi connectivity index (χ1) is 16.6. The van der Waals surface area contributed by atoms with E-state index in [-0.39, 0.29) is 30.0 Å². The molecule has 2 heterocycles. The number of aromatic nitrogens is 3. The van der Waals surface area contributed by atoms with Crippen LogP contribution in [-0.4, -0.2) is 71.3 Å². The van der Waals surface area contributed by atoms with Gasteiger partial charge in [0.2, 0.25) is 5.91 Å². The van der Waals surface area contributed by atoms with Crippen molar-refractivity contribution in [1.29, 1.82) is 0 Å². The van der Waals surface area contributed by atoms with Gasteiger partial charge < -0.3 is 19.4 Å². The van der Waals surface area contributed by atoms with E-state index in [0.29, 0.717) is 36.0 Å². The highest BCUT2D eigenvalue weighted by Gasteiger charge is 2.21. The number of benzene rings is 2. The van der Waals surface area contributed by atoms with Crippen molar-refractivity contribution in [3.05, 3.63) is 70.1 Å². The molecule has 0 saturated carbocycles. The maximum Gasteiger partial charge on any atom is 0.273 e. The zero-order chi connectivity index (χ0) is 23.9. The summed E-state index contributed by atoms with van der Waals surface area (Å²) in [4.78, 5) is 32.2. The smallest absolute Gasteiger partial charge is 0.273 e. The fraction of sp³-hybridized carbons (Fsp3) is 0.360. The summed E-state index contributed by atoms with van der Waals surface area (Å²) >= 11 is 0. The molecule has 1 aromatic heterocycles. The van der Waals surface area contributed by atoms with Crippen molar-refractivity contribution in [1.82, 2.24) is 25.0 Å². The fourth-order valence-electron chi connectivity index (χ4n) is 4.02. The van der Waals surface area contributed by atoms with Crippen LogP contribution in [0, 0.1) is 0 Å². The molecule has 0 aliphatic carbocycles. The van der Waals surface area contributed by atoms with E-state index in [0.717, 1.165) is 19.6 Å². The van der Waals surface area contributed by atoms with Crippen molar-refractivity contribution in [3.8, 4) is 22.9 Å². The molecule has 3 aromatic rings. The number of carbonyl (C=O) groups is 1. The largest absolute Gasteiger partial charge is 0.493 e. The van der Waals surface area contributed by atoms with Crippen molar-refractivity contribution < 1.29 is 14.3 Å². The van der Waals surface area contributed by atoms with Gasteiger partial charge >= 0.3 is 0 Å². The number of aromatic amines is 1. The third-order valence-electron chi connectivity index (χ3n) is 5.97. The minimum atomic E-state index is -0.347. The maximum atomic E-state index is 12.7. The summed E-state index contributed by atoms with van der Waals surface area (Å²) in [5.74, 6) is 1.47. The van der Waals surface area contributed by atoms with Gasteiger partial charge in [0.05, 0.1) is 14.2 Å². The molecule has 34 heavy (non-hydrogen) atoms. The molecule has 4 rings (SSSR count). The van der Waals surface area contributed by atoms with E-state index in [1.54, 1.807) is 32.4 Å². The van der Waals surface area contributed by atoms with E-state index in [9.17, 15) is 9.59 Å². The molecule has 0 bridgehead atoms. The lowest BCUT2D eigenvalue weighted by molar-refractivity contribution is -0.133. The lowest BCUT2D eigenvalue weighted by Gasteiger charge is -2.34. The molecule has 0 atom stereocenters. The summed E-state index contributed by atoms with van der Waals surface area (Å²) in [5, 5.41) is 8.23. The molecular weight excluding hydrogens is 434 g/mol. The molecule has 1 fully saturated rings. The van der Waals surface area contributed by atoms with E-state index in [2.05, 4.69) is 32.2 Å². The average molecular weight is 464 g/mol. The van der Waals surface area contributed by atoms with E-state index in [1.165, 1.54) is 5.56 Å². The van der Waals surface area contributed by atoms with Crippen molar-refractivity contribution in [2.24, 2.45) is 0 Å². The van der Waals surface area contributed by atoms with Crippen LogP contribution >= 0.6 is 0 Å². The molecule has 0 unspecified atom stereocenters. The molecule has 9 nitrogen and oxygen atoms in total. The molecule has 178 valence electrons. The van der Waals surface area contributed by atoms with Gasteiger partial charge in [-0.15, -0.1) is 10.2 Å². The average Bonchev–Trinajstić information content (AvgIpc) is 2.88. The van der Waals surface area contributed by atoms with Gasteiger partial charge in [-0.05, 0) is 23.8 Å². The van der Waals surface area contributed by atoms with Crippen LogP contribution in [0.1, 0.15) is 17.7 Å². The first kappa shape index (κ1) is 23.4. The molecule has 0 spiro atoms. The number of ether oxygens (including phenoxy) is 2. The van der Waals surface area contributed by atoms with Crippen molar-refractivity contribution in [3.63, 3.8) is 0 Å². The predicted octanol–water partition coefficient (Wildman–Crippen LogP) is 2.13. The van der Waals surface area contributed by atoms with Crippen LogP contribution in [0.3, 0.4) is 0 Å². The molecule has 1 aliphatic rings. The minimum absolute atomic E-state index is 0.0320. The highest BCUT2D eigenvalue weighted by Crippen LogP contribution is 2.30. The lowest BCUT2D eigenvalue weighted by atomic mass is 10.1. The van der Waals surface area contributed by atoms with Gasteiger partial charge in [0.25, 0.3) is 5.56 Å².